The van der Waals surface area contributed by atoms with Crippen LogP contribution in [0.25, 0.3) is 0 Å². The average molecular weight is 261 g/mol. The molecule has 1 nitrogen and oxygen atoms in total. The van der Waals surface area contributed by atoms with Gasteiger partial charge in [-0.15, -0.1) is 0 Å². The minimum Gasteiger partial charge on any atom is -0.385 e. The number of aryl methyl sites for hydroxylation is 1. The van der Waals surface area contributed by atoms with E-state index in [9.17, 15) is 5.11 Å². The van der Waals surface area contributed by atoms with E-state index in [1.165, 1.54) is 5.56 Å². The minimum atomic E-state index is -0.904. The van der Waals surface area contributed by atoms with Crippen molar-refractivity contribution < 1.29 is 5.11 Å². The summed E-state index contributed by atoms with van der Waals surface area (Å²) in [6.07, 6.45) is 0.578. The molecule has 0 radical (unpaired) electrons. The summed E-state index contributed by atoms with van der Waals surface area (Å²) >= 11 is 5.97. The number of rotatable bonds is 3. The lowest BCUT2D eigenvalue weighted by atomic mass is 9.89. The van der Waals surface area contributed by atoms with Crippen molar-refractivity contribution >= 4 is 11.6 Å². The zero-order valence-electron chi connectivity index (χ0n) is 10.7. The van der Waals surface area contributed by atoms with Crippen molar-refractivity contribution in [3.63, 3.8) is 0 Å². The van der Waals surface area contributed by atoms with Gasteiger partial charge in [0.05, 0.1) is 5.60 Å². The molecule has 0 fully saturated rings. The molecule has 2 aromatic carbocycles. The van der Waals surface area contributed by atoms with Crippen LogP contribution in [0.2, 0.25) is 5.02 Å². The van der Waals surface area contributed by atoms with Gasteiger partial charge in [-0.1, -0.05) is 53.6 Å². The highest BCUT2D eigenvalue weighted by molar-refractivity contribution is 6.30. The molecular weight excluding hydrogens is 244 g/mol. The Morgan fingerprint density at radius 2 is 1.83 bits per heavy atom. The van der Waals surface area contributed by atoms with Gasteiger partial charge < -0.3 is 5.11 Å². The first kappa shape index (κ1) is 13.1. The largest absolute Gasteiger partial charge is 0.385 e. The third-order valence-electron chi connectivity index (χ3n) is 3.08. The lowest BCUT2D eigenvalue weighted by molar-refractivity contribution is 0.0576. The fourth-order valence-corrected chi connectivity index (χ4v) is 2.34. The van der Waals surface area contributed by atoms with E-state index in [0.717, 1.165) is 11.1 Å². The van der Waals surface area contributed by atoms with Crippen molar-refractivity contribution in [1.82, 2.24) is 0 Å². The summed E-state index contributed by atoms with van der Waals surface area (Å²) in [5.41, 5.74) is 2.27. The number of hydrogen-bond donors (Lipinski definition) is 1. The maximum atomic E-state index is 10.6. The minimum absolute atomic E-state index is 0.578. The molecule has 0 aliphatic heterocycles. The summed E-state index contributed by atoms with van der Waals surface area (Å²) in [4.78, 5) is 0. The van der Waals surface area contributed by atoms with E-state index < -0.39 is 5.60 Å². The molecule has 0 aliphatic rings. The van der Waals surface area contributed by atoms with Crippen LogP contribution in [0.15, 0.2) is 48.5 Å². The van der Waals surface area contributed by atoms with Crippen molar-refractivity contribution in [2.45, 2.75) is 25.9 Å². The molecule has 0 aromatic heterocycles. The normalized spacial score (nSPS) is 14.2. The van der Waals surface area contributed by atoms with E-state index in [0.29, 0.717) is 11.4 Å². The standard InChI is InChI=1S/C16H17ClO/c1-12-5-3-6-13(9-12)11-16(2,18)14-7-4-8-15(17)10-14/h3-10,18H,11H2,1-2H3. The third-order valence-corrected chi connectivity index (χ3v) is 3.31. The Morgan fingerprint density at radius 1 is 1.11 bits per heavy atom. The predicted molar refractivity (Wildman–Crippen MR) is 75.9 cm³/mol. The number of aliphatic hydroxyl groups is 1. The van der Waals surface area contributed by atoms with Crippen molar-refractivity contribution in [3.8, 4) is 0 Å². The van der Waals surface area contributed by atoms with E-state index in [1.54, 1.807) is 0 Å². The van der Waals surface area contributed by atoms with Gasteiger partial charge in [-0.3, -0.25) is 0 Å². The molecule has 0 heterocycles. The summed E-state index contributed by atoms with van der Waals surface area (Å²) in [7, 11) is 0. The van der Waals surface area contributed by atoms with Crippen molar-refractivity contribution in [3.05, 3.63) is 70.2 Å². The predicted octanol–water partition coefficient (Wildman–Crippen LogP) is 4.10. The molecule has 1 unspecified atom stereocenters. The Kier molecular flexibility index (Phi) is 3.74. The average Bonchev–Trinajstić information content (AvgIpc) is 2.28. The fourth-order valence-electron chi connectivity index (χ4n) is 2.15. The molecule has 0 saturated carbocycles. The molecule has 0 saturated heterocycles. The molecular formula is C16H17ClO. The van der Waals surface area contributed by atoms with Crippen LogP contribution in [0.4, 0.5) is 0 Å². The number of benzene rings is 2. The molecule has 0 bridgehead atoms. The Bertz CT molecular complexity index is 546. The maximum absolute atomic E-state index is 10.6. The van der Waals surface area contributed by atoms with Crippen molar-refractivity contribution in [2.24, 2.45) is 0 Å². The van der Waals surface area contributed by atoms with Crippen LogP contribution in [0.5, 0.6) is 0 Å². The van der Waals surface area contributed by atoms with Crippen LogP contribution in [-0.4, -0.2) is 5.11 Å². The molecule has 1 atom stereocenters. The second-order valence-corrected chi connectivity index (χ2v) is 5.39. The first-order valence-corrected chi connectivity index (χ1v) is 6.39. The van der Waals surface area contributed by atoms with Gasteiger partial charge in [0.2, 0.25) is 0 Å². The summed E-state index contributed by atoms with van der Waals surface area (Å²) in [5.74, 6) is 0. The van der Waals surface area contributed by atoms with Crippen LogP contribution in [-0.2, 0) is 12.0 Å². The molecule has 94 valence electrons. The van der Waals surface area contributed by atoms with E-state index in [1.807, 2.05) is 43.3 Å². The molecule has 18 heavy (non-hydrogen) atoms. The highest BCUT2D eigenvalue weighted by Crippen LogP contribution is 2.27. The Morgan fingerprint density at radius 3 is 2.50 bits per heavy atom. The number of halogens is 1. The first-order valence-electron chi connectivity index (χ1n) is 6.01. The topological polar surface area (TPSA) is 20.2 Å². The maximum Gasteiger partial charge on any atom is 0.0909 e. The molecule has 2 rings (SSSR count). The summed E-state index contributed by atoms with van der Waals surface area (Å²) in [5, 5.41) is 11.2. The molecule has 0 amide bonds. The van der Waals surface area contributed by atoms with Gasteiger partial charge in [-0.25, -0.2) is 0 Å². The van der Waals surface area contributed by atoms with E-state index in [2.05, 4.69) is 19.1 Å². The van der Waals surface area contributed by atoms with Gasteiger partial charge in [0.15, 0.2) is 0 Å². The zero-order valence-corrected chi connectivity index (χ0v) is 11.4. The Balaban J connectivity index is 2.26. The van der Waals surface area contributed by atoms with E-state index in [-0.39, 0.29) is 0 Å². The Labute approximate surface area is 113 Å². The Hall–Kier alpha value is -1.31. The zero-order chi connectivity index (χ0) is 13.2. The SMILES string of the molecule is Cc1cccc(CC(C)(O)c2cccc(Cl)c2)c1. The lowest BCUT2D eigenvalue weighted by Gasteiger charge is -2.24. The second-order valence-electron chi connectivity index (χ2n) is 4.95. The lowest BCUT2D eigenvalue weighted by Crippen LogP contribution is -2.24. The molecule has 2 heteroatoms. The number of hydrogen-bond acceptors (Lipinski definition) is 1. The van der Waals surface area contributed by atoms with Gasteiger partial charge in [-0.05, 0) is 37.1 Å². The van der Waals surface area contributed by atoms with Gasteiger partial charge in [0.25, 0.3) is 0 Å². The molecule has 0 spiro atoms. The van der Waals surface area contributed by atoms with Crippen LogP contribution in [0.1, 0.15) is 23.6 Å². The van der Waals surface area contributed by atoms with Crippen LogP contribution >= 0.6 is 11.6 Å². The van der Waals surface area contributed by atoms with Gasteiger partial charge >= 0.3 is 0 Å². The molecule has 1 N–H and O–H groups in total. The highest BCUT2D eigenvalue weighted by atomic mass is 35.5. The van der Waals surface area contributed by atoms with Gasteiger partial charge in [-0.2, -0.15) is 0 Å². The summed E-state index contributed by atoms with van der Waals surface area (Å²) in [6.45, 7) is 3.87. The van der Waals surface area contributed by atoms with Crippen molar-refractivity contribution in [1.29, 1.82) is 0 Å². The molecule has 2 aromatic rings. The summed E-state index contributed by atoms with van der Waals surface area (Å²) in [6, 6.07) is 15.6. The smallest absolute Gasteiger partial charge is 0.0909 e. The second kappa shape index (κ2) is 5.13. The van der Waals surface area contributed by atoms with Gasteiger partial charge in [0.1, 0.15) is 0 Å². The highest BCUT2D eigenvalue weighted by Gasteiger charge is 2.23. The molecule has 0 aliphatic carbocycles. The van der Waals surface area contributed by atoms with Crippen LogP contribution in [0.3, 0.4) is 0 Å². The fraction of sp³-hybridized carbons (Fsp3) is 0.250. The quantitative estimate of drug-likeness (QED) is 0.881. The monoisotopic (exact) mass is 260 g/mol. The summed E-state index contributed by atoms with van der Waals surface area (Å²) < 4.78 is 0. The van der Waals surface area contributed by atoms with Gasteiger partial charge in [0, 0.05) is 11.4 Å². The first-order chi connectivity index (χ1) is 8.47. The van der Waals surface area contributed by atoms with Crippen LogP contribution in [0, 0.1) is 6.92 Å². The van der Waals surface area contributed by atoms with Crippen LogP contribution < -0.4 is 0 Å². The van der Waals surface area contributed by atoms with E-state index in [4.69, 9.17) is 11.6 Å². The van der Waals surface area contributed by atoms with Crippen molar-refractivity contribution in [2.75, 3.05) is 0 Å². The third kappa shape index (κ3) is 3.12. The van der Waals surface area contributed by atoms with E-state index >= 15 is 0 Å².